The number of carboxylic acids is 3. The van der Waals surface area contributed by atoms with Crippen molar-refractivity contribution in [3.05, 3.63) is 30.3 Å². The molecule has 1 heterocycles. The van der Waals surface area contributed by atoms with Gasteiger partial charge in [0.25, 0.3) is 0 Å². The lowest BCUT2D eigenvalue weighted by Gasteiger charge is -2.17. The van der Waals surface area contributed by atoms with Crippen LogP contribution in [0.5, 0.6) is 0 Å². The molecule has 1 aliphatic rings. The van der Waals surface area contributed by atoms with Gasteiger partial charge in [-0.15, -0.1) is 0 Å². The lowest BCUT2D eigenvalue weighted by molar-refractivity contribution is -0.661. The molecule has 1 aliphatic heterocycles. The summed E-state index contributed by atoms with van der Waals surface area (Å²) in [6, 6.07) is 4.95. The predicted molar refractivity (Wildman–Crippen MR) is 88.9 cm³/mol. The van der Waals surface area contributed by atoms with E-state index in [1.807, 2.05) is 5.32 Å². The molecule has 12 heteroatoms. The number of quaternary nitrogens is 1. The number of hydrogen-bond acceptors (Lipinski definition) is 7. The highest BCUT2D eigenvalue weighted by atomic mass is 32.2. The van der Waals surface area contributed by atoms with E-state index in [0.717, 1.165) is 13.1 Å². The predicted octanol–water partition coefficient (Wildman–Crippen LogP) is -3.84. The van der Waals surface area contributed by atoms with Crippen LogP contribution in [-0.4, -0.2) is 68.3 Å². The van der Waals surface area contributed by atoms with Crippen LogP contribution in [0.25, 0.3) is 0 Å². The van der Waals surface area contributed by atoms with E-state index in [-0.39, 0.29) is 10.9 Å². The molecular weight excluding hydrogens is 382 g/mol. The van der Waals surface area contributed by atoms with Gasteiger partial charge >= 0.3 is 11.9 Å². The third-order valence-electron chi connectivity index (χ3n) is 3.46. The first-order valence-corrected chi connectivity index (χ1v) is 9.39. The molecule has 0 saturated carbocycles. The van der Waals surface area contributed by atoms with Gasteiger partial charge in [-0.1, -0.05) is 18.2 Å². The van der Waals surface area contributed by atoms with E-state index in [4.69, 9.17) is 10.2 Å². The standard InChI is InChI=1S/C10H11NO6S.C5H10N2O2/c12-9(13)6-8(10(14)15)11-18(16,17)7-4-2-1-3-5-7;8-5(9)4-3-6-1-2-7-4/h1-5,8,11H,6H2,(H,12,13)(H,14,15);4,6-7H,1-3H2,(H,8,9)/t8-;4-/m01/s1. The zero-order valence-corrected chi connectivity index (χ0v) is 15.0. The van der Waals surface area contributed by atoms with Gasteiger partial charge in [-0.2, -0.15) is 4.72 Å². The molecule has 6 N–H and O–H groups in total. The van der Waals surface area contributed by atoms with E-state index >= 15 is 0 Å². The molecule has 0 amide bonds. The van der Waals surface area contributed by atoms with Crippen LogP contribution in [-0.2, 0) is 24.4 Å². The Kier molecular flexibility index (Phi) is 8.81. The molecule has 0 aromatic heterocycles. The summed E-state index contributed by atoms with van der Waals surface area (Å²) in [7, 11) is -4.07. The summed E-state index contributed by atoms with van der Waals surface area (Å²) < 4.78 is 25.3. The summed E-state index contributed by atoms with van der Waals surface area (Å²) in [5.41, 5.74) is 0. The molecule has 0 radical (unpaired) electrons. The van der Waals surface area contributed by atoms with Crippen molar-refractivity contribution in [2.24, 2.45) is 0 Å². The smallest absolute Gasteiger partial charge is 0.326 e. The second kappa shape index (κ2) is 10.6. The maximum atomic E-state index is 11.7. The minimum absolute atomic E-state index is 0.144. The van der Waals surface area contributed by atoms with Gasteiger partial charge in [0.2, 0.25) is 10.0 Å². The van der Waals surface area contributed by atoms with Gasteiger partial charge in [-0.3, -0.25) is 14.9 Å². The van der Waals surface area contributed by atoms with Crippen molar-refractivity contribution >= 4 is 27.9 Å². The van der Waals surface area contributed by atoms with Gasteiger partial charge in [-0.25, -0.2) is 8.42 Å². The molecule has 2 atom stereocenters. The average molecular weight is 403 g/mol. The number of carbonyl (C=O) groups is 3. The first-order chi connectivity index (χ1) is 12.6. The quantitative estimate of drug-likeness (QED) is 0.303. The highest BCUT2D eigenvalue weighted by Crippen LogP contribution is 2.09. The lowest BCUT2D eigenvalue weighted by atomic mass is 10.2. The fourth-order valence-electron chi connectivity index (χ4n) is 2.12. The van der Waals surface area contributed by atoms with Crippen LogP contribution in [0.1, 0.15) is 6.42 Å². The monoisotopic (exact) mass is 403 g/mol. The second-order valence-corrected chi connectivity index (χ2v) is 7.27. The van der Waals surface area contributed by atoms with Gasteiger partial charge in [0.05, 0.1) is 11.4 Å². The van der Waals surface area contributed by atoms with E-state index in [2.05, 4.69) is 5.32 Å². The van der Waals surface area contributed by atoms with E-state index < -0.39 is 40.4 Å². The summed E-state index contributed by atoms with van der Waals surface area (Å²) in [6.45, 7) is 2.45. The van der Waals surface area contributed by atoms with Gasteiger partial charge < -0.3 is 25.4 Å². The maximum Gasteiger partial charge on any atom is 0.326 e. The SMILES string of the molecule is O=C(O)[C@H]1C[NH2+]CCN1.O=C([O-])C[C@H](NS(=O)(=O)c1ccccc1)C(=O)O. The minimum Gasteiger partial charge on any atom is -0.550 e. The number of rotatable bonds is 7. The number of sulfonamides is 1. The van der Waals surface area contributed by atoms with E-state index in [9.17, 15) is 27.9 Å². The third-order valence-corrected chi connectivity index (χ3v) is 4.95. The van der Waals surface area contributed by atoms with Crippen molar-refractivity contribution < 1.29 is 43.4 Å². The molecule has 0 spiro atoms. The van der Waals surface area contributed by atoms with Crippen molar-refractivity contribution in [2.45, 2.75) is 23.4 Å². The van der Waals surface area contributed by atoms with Crippen LogP contribution in [0.3, 0.4) is 0 Å². The molecule has 1 fully saturated rings. The molecule has 11 nitrogen and oxygen atoms in total. The van der Waals surface area contributed by atoms with Crippen LogP contribution in [0.4, 0.5) is 0 Å². The van der Waals surface area contributed by atoms with Crippen LogP contribution >= 0.6 is 0 Å². The number of carbonyl (C=O) groups excluding carboxylic acids is 1. The van der Waals surface area contributed by atoms with E-state index in [1.54, 1.807) is 10.8 Å². The van der Waals surface area contributed by atoms with Crippen LogP contribution in [0.2, 0.25) is 0 Å². The normalized spacial score (nSPS) is 17.9. The van der Waals surface area contributed by atoms with Crippen LogP contribution in [0.15, 0.2) is 35.2 Å². The lowest BCUT2D eigenvalue weighted by Crippen LogP contribution is -2.92. The second-order valence-electron chi connectivity index (χ2n) is 5.56. The molecular formula is C15H21N3O8S. The Balaban J connectivity index is 0.000000337. The van der Waals surface area contributed by atoms with Gasteiger partial charge in [-0.05, 0) is 12.1 Å². The highest BCUT2D eigenvalue weighted by molar-refractivity contribution is 7.89. The molecule has 0 aliphatic carbocycles. The van der Waals surface area contributed by atoms with E-state index in [0.29, 0.717) is 6.54 Å². The number of aliphatic carboxylic acids is 3. The number of carboxylic acid groups (broad SMARTS) is 3. The van der Waals surface area contributed by atoms with Crippen LogP contribution in [0, 0.1) is 0 Å². The molecule has 0 bridgehead atoms. The van der Waals surface area contributed by atoms with E-state index in [1.165, 1.54) is 24.3 Å². The summed E-state index contributed by atoms with van der Waals surface area (Å²) in [4.78, 5) is 31.2. The third kappa shape index (κ3) is 8.13. The summed E-state index contributed by atoms with van der Waals surface area (Å²) in [5, 5.41) is 32.4. The Labute approximate surface area is 155 Å². The van der Waals surface area contributed by atoms with Gasteiger partial charge in [0.15, 0.2) is 6.04 Å². The molecule has 1 aromatic rings. The first-order valence-electron chi connectivity index (χ1n) is 7.91. The van der Waals surface area contributed by atoms with Crippen molar-refractivity contribution in [2.75, 3.05) is 19.6 Å². The topological polar surface area (TPSA) is 190 Å². The van der Waals surface area contributed by atoms with Gasteiger partial charge in [0, 0.05) is 18.9 Å². The number of nitrogens with two attached hydrogens (primary N) is 1. The van der Waals surface area contributed by atoms with Crippen molar-refractivity contribution in [3.63, 3.8) is 0 Å². The zero-order chi connectivity index (χ0) is 20.4. The summed E-state index contributed by atoms with van der Waals surface area (Å²) in [5.74, 6) is -3.98. The highest BCUT2D eigenvalue weighted by Gasteiger charge is 2.25. The Bertz CT molecular complexity index is 748. The Morgan fingerprint density at radius 2 is 1.89 bits per heavy atom. The van der Waals surface area contributed by atoms with Gasteiger partial charge in [0.1, 0.15) is 12.6 Å². The molecule has 150 valence electrons. The molecule has 0 unspecified atom stereocenters. The zero-order valence-electron chi connectivity index (χ0n) is 14.2. The van der Waals surface area contributed by atoms with Crippen molar-refractivity contribution in [3.8, 4) is 0 Å². The average Bonchev–Trinajstić information content (AvgIpc) is 2.62. The largest absolute Gasteiger partial charge is 0.550 e. The molecule has 1 saturated heterocycles. The van der Waals surface area contributed by atoms with Crippen LogP contribution < -0.4 is 20.5 Å². The number of nitrogens with one attached hydrogen (secondary N) is 2. The Hall–Kier alpha value is -2.54. The minimum atomic E-state index is -4.07. The summed E-state index contributed by atoms with van der Waals surface area (Å²) in [6.07, 6.45) is -0.943. The fourth-order valence-corrected chi connectivity index (χ4v) is 3.33. The van der Waals surface area contributed by atoms with Crippen molar-refractivity contribution in [1.29, 1.82) is 0 Å². The Morgan fingerprint density at radius 1 is 1.26 bits per heavy atom. The number of benzene rings is 1. The summed E-state index contributed by atoms with van der Waals surface area (Å²) >= 11 is 0. The number of hydrogen-bond donors (Lipinski definition) is 5. The molecule has 27 heavy (non-hydrogen) atoms. The fraction of sp³-hybridized carbons (Fsp3) is 0.400. The molecule has 1 aromatic carbocycles. The molecule has 2 rings (SSSR count). The Morgan fingerprint density at radius 3 is 2.30 bits per heavy atom. The number of piperazine rings is 1. The van der Waals surface area contributed by atoms with Crippen molar-refractivity contribution in [1.82, 2.24) is 10.0 Å². The first kappa shape index (κ1) is 22.5. The maximum absolute atomic E-state index is 11.7.